The molecule has 0 aromatic rings. The molecule has 0 aromatic carbocycles. The summed E-state index contributed by atoms with van der Waals surface area (Å²) in [6, 6.07) is 0. The van der Waals surface area contributed by atoms with E-state index in [1.54, 1.807) is 0 Å². The number of hydrogen-bond acceptors (Lipinski definition) is 3. The monoisotopic (exact) mass is 163 g/mol. The average molecular weight is 163 g/mol. The summed E-state index contributed by atoms with van der Waals surface area (Å²) < 4.78 is 0.406. The fraction of sp³-hybridized carbons (Fsp3) is 0.600. The highest BCUT2D eigenvalue weighted by molar-refractivity contribution is 8.22. The van der Waals surface area contributed by atoms with Crippen molar-refractivity contribution in [2.24, 2.45) is 11.7 Å². The first-order chi connectivity index (χ1) is 4.16. The highest BCUT2D eigenvalue weighted by Crippen LogP contribution is 2.05. The van der Waals surface area contributed by atoms with Gasteiger partial charge in [-0.15, -0.1) is 0 Å². The lowest BCUT2D eigenvalue weighted by Crippen LogP contribution is -2.07. The summed E-state index contributed by atoms with van der Waals surface area (Å²) in [6.45, 7) is 1.83. The molecule has 0 saturated heterocycles. The molecule has 0 aromatic heterocycles. The topological polar surface area (TPSA) is 43.1 Å². The number of rotatable bonds is 3. The SMILES string of the molecule is CC(C=O)CSC(N)=S. The summed E-state index contributed by atoms with van der Waals surface area (Å²) in [5.41, 5.74) is 5.17. The lowest BCUT2D eigenvalue weighted by Gasteiger charge is -1.98. The third-order valence-corrected chi connectivity index (χ3v) is 2.05. The molecule has 0 amide bonds. The second-order valence-electron chi connectivity index (χ2n) is 1.74. The van der Waals surface area contributed by atoms with Crippen molar-refractivity contribution in [1.82, 2.24) is 0 Å². The van der Waals surface area contributed by atoms with Gasteiger partial charge in [0.25, 0.3) is 0 Å². The maximum absolute atomic E-state index is 10.0. The van der Waals surface area contributed by atoms with E-state index in [0.29, 0.717) is 10.1 Å². The van der Waals surface area contributed by atoms with Crippen molar-refractivity contribution in [3.63, 3.8) is 0 Å². The van der Waals surface area contributed by atoms with E-state index in [0.717, 1.165) is 6.29 Å². The minimum absolute atomic E-state index is 0.0523. The average Bonchev–Trinajstić information content (AvgIpc) is 1.83. The first-order valence-electron chi connectivity index (χ1n) is 2.54. The molecule has 0 saturated carbocycles. The fourth-order valence-corrected chi connectivity index (χ4v) is 0.963. The molecule has 0 aliphatic rings. The van der Waals surface area contributed by atoms with Crippen LogP contribution in [0.15, 0.2) is 0 Å². The third-order valence-electron chi connectivity index (χ3n) is 0.721. The molecule has 4 heteroatoms. The van der Waals surface area contributed by atoms with Gasteiger partial charge in [0, 0.05) is 11.7 Å². The van der Waals surface area contributed by atoms with Gasteiger partial charge >= 0.3 is 0 Å². The van der Waals surface area contributed by atoms with E-state index < -0.39 is 0 Å². The van der Waals surface area contributed by atoms with Crippen molar-refractivity contribution in [1.29, 1.82) is 0 Å². The first kappa shape index (κ1) is 8.91. The van der Waals surface area contributed by atoms with Crippen LogP contribution in [0.1, 0.15) is 6.92 Å². The van der Waals surface area contributed by atoms with Crippen LogP contribution in [0.5, 0.6) is 0 Å². The van der Waals surface area contributed by atoms with Crippen LogP contribution >= 0.6 is 24.0 Å². The zero-order chi connectivity index (χ0) is 7.28. The van der Waals surface area contributed by atoms with Gasteiger partial charge in [0.05, 0.1) is 0 Å². The van der Waals surface area contributed by atoms with Crippen LogP contribution in [-0.4, -0.2) is 16.4 Å². The second-order valence-corrected chi connectivity index (χ2v) is 3.50. The van der Waals surface area contributed by atoms with Crippen molar-refractivity contribution >= 4 is 34.6 Å². The van der Waals surface area contributed by atoms with Gasteiger partial charge in [0.2, 0.25) is 0 Å². The lowest BCUT2D eigenvalue weighted by atomic mass is 10.3. The van der Waals surface area contributed by atoms with Crippen molar-refractivity contribution in [2.45, 2.75) is 6.92 Å². The summed E-state index contributed by atoms with van der Waals surface area (Å²) in [6.07, 6.45) is 0.894. The van der Waals surface area contributed by atoms with Gasteiger partial charge in [0.1, 0.15) is 10.6 Å². The van der Waals surface area contributed by atoms with Crippen LogP contribution in [0, 0.1) is 5.92 Å². The van der Waals surface area contributed by atoms with Crippen molar-refractivity contribution < 1.29 is 4.79 Å². The molecular weight excluding hydrogens is 154 g/mol. The van der Waals surface area contributed by atoms with Crippen LogP contribution < -0.4 is 5.73 Å². The van der Waals surface area contributed by atoms with Gasteiger partial charge in [0.15, 0.2) is 0 Å². The minimum Gasteiger partial charge on any atom is -0.385 e. The number of carbonyl (C=O) groups excluding carboxylic acids is 1. The molecule has 0 bridgehead atoms. The smallest absolute Gasteiger partial charge is 0.131 e. The molecule has 0 aliphatic heterocycles. The van der Waals surface area contributed by atoms with E-state index in [1.165, 1.54) is 11.8 Å². The Kier molecular flexibility index (Phi) is 4.71. The van der Waals surface area contributed by atoms with E-state index in [2.05, 4.69) is 12.2 Å². The standard InChI is InChI=1S/C5H9NOS2/c1-4(2-7)3-9-5(6)8/h2,4H,3H2,1H3,(H2,6,8). The summed E-state index contributed by atoms with van der Waals surface area (Å²) in [5, 5.41) is 0. The lowest BCUT2D eigenvalue weighted by molar-refractivity contribution is -0.110. The van der Waals surface area contributed by atoms with Gasteiger partial charge in [-0.25, -0.2) is 0 Å². The molecule has 0 rings (SSSR count). The highest BCUT2D eigenvalue weighted by Gasteiger charge is 1.99. The normalized spacial score (nSPS) is 12.6. The molecule has 0 aliphatic carbocycles. The Morgan fingerprint density at radius 2 is 2.56 bits per heavy atom. The van der Waals surface area contributed by atoms with Gasteiger partial charge in [-0.3, -0.25) is 0 Å². The van der Waals surface area contributed by atoms with Crippen LogP contribution in [0.4, 0.5) is 0 Å². The highest BCUT2D eigenvalue weighted by atomic mass is 32.2. The van der Waals surface area contributed by atoms with Gasteiger partial charge in [-0.1, -0.05) is 30.9 Å². The van der Waals surface area contributed by atoms with Gasteiger partial charge in [-0.2, -0.15) is 0 Å². The third kappa shape index (κ3) is 5.79. The number of thioether (sulfide) groups is 1. The number of thiocarbonyl (C=S) groups is 1. The molecule has 0 radical (unpaired) electrons. The van der Waals surface area contributed by atoms with Gasteiger partial charge < -0.3 is 10.5 Å². The molecule has 52 valence electrons. The van der Waals surface area contributed by atoms with Crippen LogP contribution in [0.2, 0.25) is 0 Å². The zero-order valence-electron chi connectivity index (χ0n) is 5.16. The van der Waals surface area contributed by atoms with Crippen LogP contribution in [-0.2, 0) is 4.79 Å². The summed E-state index contributed by atoms with van der Waals surface area (Å²) >= 11 is 5.93. The molecule has 1 unspecified atom stereocenters. The van der Waals surface area contributed by atoms with Crippen molar-refractivity contribution in [2.75, 3.05) is 5.75 Å². The van der Waals surface area contributed by atoms with E-state index in [1.807, 2.05) is 6.92 Å². The molecule has 2 N–H and O–H groups in total. The zero-order valence-corrected chi connectivity index (χ0v) is 6.80. The molecule has 1 atom stereocenters. The van der Waals surface area contributed by atoms with E-state index >= 15 is 0 Å². The Balaban J connectivity index is 3.26. The molecular formula is C5H9NOS2. The predicted molar refractivity (Wildman–Crippen MR) is 44.5 cm³/mol. The minimum atomic E-state index is 0.0523. The van der Waals surface area contributed by atoms with Crippen LogP contribution in [0.3, 0.4) is 0 Å². The van der Waals surface area contributed by atoms with Crippen molar-refractivity contribution in [3.05, 3.63) is 0 Å². The maximum Gasteiger partial charge on any atom is 0.131 e. The second kappa shape index (κ2) is 4.76. The molecule has 0 spiro atoms. The molecule has 0 fully saturated rings. The summed E-state index contributed by atoms with van der Waals surface area (Å²) in [5.74, 6) is 0.746. The molecule has 2 nitrogen and oxygen atoms in total. The van der Waals surface area contributed by atoms with E-state index in [9.17, 15) is 4.79 Å². The Bertz CT molecular complexity index is 116. The number of nitrogens with two attached hydrogens (primary N) is 1. The number of aldehydes is 1. The molecule has 0 heterocycles. The fourth-order valence-electron chi connectivity index (χ4n) is 0.253. The van der Waals surface area contributed by atoms with Crippen LogP contribution in [0.25, 0.3) is 0 Å². The van der Waals surface area contributed by atoms with Gasteiger partial charge in [-0.05, 0) is 0 Å². The Morgan fingerprint density at radius 3 is 2.89 bits per heavy atom. The number of carbonyl (C=O) groups is 1. The predicted octanol–water partition coefficient (Wildman–Crippen LogP) is 0.798. The quantitative estimate of drug-likeness (QED) is 0.493. The Hall–Kier alpha value is -0.0900. The first-order valence-corrected chi connectivity index (χ1v) is 3.93. The molecule has 9 heavy (non-hydrogen) atoms. The Morgan fingerprint density at radius 1 is 2.00 bits per heavy atom. The summed E-state index contributed by atoms with van der Waals surface area (Å²) in [4.78, 5) is 10.0. The van der Waals surface area contributed by atoms with E-state index in [4.69, 9.17) is 5.73 Å². The summed E-state index contributed by atoms with van der Waals surface area (Å²) in [7, 11) is 0. The largest absolute Gasteiger partial charge is 0.385 e. The van der Waals surface area contributed by atoms with Crippen molar-refractivity contribution in [3.8, 4) is 0 Å². The number of hydrogen-bond donors (Lipinski definition) is 1. The Labute approximate surface area is 64.2 Å². The maximum atomic E-state index is 10.0. The van der Waals surface area contributed by atoms with E-state index in [-0.39, 0.29) is 5.92 Å².